The lowest BCUT2D eigenvalue weighted by molar-refractivity contribution is -0.123. The van der Waals surface area contributed by atoms with Gasteiger partial charge in [0.05, 0.1) is 6.04 Å². The summed E-state index contributed by atoms with van der Waals surface area (Å²) in [5, 5.41) is 17.4. The Balaban J connectivity index is 1.66. The Bertz CT molecular complexity index is 824. The molecule has 0 aliphatic carbocycles. The molecule has 0 saturated carbocycles. The van der Waals surface area contributed by atoms with Crippen LogP contribution < -0.4 is 5.32 Å². The van der Waals surface area contributed by atoms with Crippen molar-refractivity contribution in [3.63, 3.8) is 0 Å². The van der Waals surface area contributed by atoms with Gasteiger partial charge in [0.2, 0.25) is 11.7 Å². The van der Waals surface area contributed by atoms with Crippen LogP contribution in [0, 0.1) is 12.8 Å². The standard InChI is InChI=1S/C18H21N5OS/c1-12(2)17(15-5-4-10-25-15)19-16(24)11-23-21-18(20-22-23)14-8-6-13(3)7-9-14/h4-10,12,17H,11H2,1-3H3,(H,19,24)/t17-/m1/s1. The zero-order valence-corrected chi connectivity index (χ0v) is 15.3. The second-order valence-electron chi connectivity index (χ2n) is 6.31. The minimum Gasteiger partial charge on any atom is -0.347 e. The predicted molar refractivity (Wildman–Crippen MR) is 98.0 cm³/mol. The minimum atomic E-state index is -0.125. The first-order chi connectivity index (χ1) is 12.0. The van der Waals surface area contributed by atoms with Crippen LogP contribution in [-0.2, 0) is 11.3 Å². The quantitative estimate of drug-likeness (QED) is 0.737. The monoisotopic (exact) mass is 355 g/mol. The summed E-state index contributed by atoms with van der Waals surface area (Å²) in [6, 6.07) is 11.9. The molecular formula is C18H21N5OS. The fourth-order valence-corrected chi connectivity index (χ4v) is 3.46. The molecule has 0 aliphatic heterocycles. The molecular weight excluding hydrogens is 334 g/mol. The molecule has 3 aromatic rings. The zero-order valence-electron chi connectivity index (χ0n) is 14.5. The maximum absolute atomic E-state index is 12.4. The zero-order chi connectivity index (χ0) is 17.8. The van der Waals surface area contributed by atoms with Crippen LogP contribution in [0.4, 0.5) is 0 Å². The topological polar surface area (TPSA) is 72.7 Å². The summed E-state index contributed by atoms with van der Waals surface area (Å²) in [4.78, 5) is 14.9. The van der Waals surface area contributed by atoms with Crippen LogP contribution in [0.15, 0.2) is 41.8 Å². The smallest absolute Gasteiger partial charge is 0.244 e. The van der Waals surface area contributed by atoms with E-state index < -0.39 is 0 Å². The first-order valence-corrected chi connectivity index (χ1v) is 9.08. The van der Waals surface area contributed by atoms with Gasteiger partial charge in [-0.3, -0.25) is 4.79 Å². The van der Waals surface area contributed by atoms with Gasteiger partial charge < -0.3 is 5.32 Å². The number of tetrazole rings is 1. The van der Waals surface area contributed by atoms with Crippen molar-refractivity contribution in [3.05, 3.63) is 52.2 Å². The predicted octanol–water partition coefficient (Wildman–Crippen LogP) is 3.22. The average Bonchev–Trinajstić information content (AvgIpc) is 3.25. The molecule has 0 fully saturated rings. The van der Waals surface area contributed by atoms with Crippen molar-refractivity contribution in [2.45, 2.75) is 33.4 Å². The molecule has 1 aromatic carbocycles. The molecule has 0 bridgehead atoms. The summed E-state index contributed by atoms with van der Waals surface area (Å²) >= 11 is 1.65. The average molecular weight is 355 g/mol. The molecule has 0 radical (unpaired) electrons. The van der Waals surface area contributed by atoms with Crippen molar-refractivity contribution < 1.29 is 4.79 Å². The second-order valence-corrected chi connectivity index (χ2v) is 7.29. The molecule has 0 spiro atoms. The highest BCUT2D eigenvalue weighted by atomic mass is 32.1. The largest absolute Gasteiger partial charge is 0.347 e. The van der Waals surface area contributed by atoms with Gasteiger partial charge in [-0.25, -0.2) is 0 Å². The second kappa shape index (κ2) is 7.57. The van der Waals surface area contributed by atoms with Crippen molar-refractivity contribution in [1.29, 1.82) is 0 Å². The number of nitrogens with one attached hydrogen (secondary N) is 1. The van der Waals surface area contributed by atoms with E-state index in [1.165, 1.54) is 10.4 Å². The van der Waals surface area contributed by atoms with Gasteiger partial charge in [-0.15, -0.1) is 21.5 Å². The summed E-state index contributed by atoms with van der Waals surface area (Å²) in [7, 11) is 0. The van der Waals surface area contributed by atoms with Gasteiger partial charge in [-0.1, -0.05) is 49.7 Å². The Hall–Kier alpha value is -2.54. The van der Waals surface area contributed by atoms with Gasteiger partial charge in [0.25, 0.3) is 0 Å². The minimum absolute atomic E-state index is 0.00686. The van der Waals surface area contributed by atoms with Gasteiger partial charge in [0, 0.05) is 10.4 Å². The highest BCUT2D eigenvalue weighted by molar-refractivity contribution is 7.10. The van der Waals surface area contributed by atoms with Crippen LogP contribution >= 0.6 is 11.3 Å². The molecule has 25 heavy (non-hydrogen) atoms. The molecule has 2 aromatic heterocycles. The number of carbonyl (C=O) groups is 1. The number of hydrogen-bond donors (Lipinski definition) is 1. The van der Waals surface area contributed by atoms with Gasteiger partial charge in [0.1, 0.15) is 6.54 Å². The highest BCUT2D eigenvalue weighted by Crippen LogP contribution is 2.25. The van der Waals surface area contributed by atoms with Crippen molar-refractivity contribution in [2.24, 2.45) is 5.92 Å². The summed E-state index contributed by atoms with van der Waals surface area (Å²) in [5.74, 6) is 0.695. The number of hydrogen-bond acceptors (Lipinski definition) is 5. The Morgan fingerprint density at radius 2 is 2.00 bits per heavy atom. The van der Waals surface area contributed by atoms with Gasteiger partial charge in [-0.05, 0) is 29.5 Å². The van der Waals surface area contributed by atoms with E-state index in [4.69, 9.17) is 0 Å². The number of benzene rings is 1. The van der Waals surface area contributed by atoms with Crippen LogP contribution in [0.1, 0.15) is 30.3 Å². The van der Waals surface area contributed by atoms with Crippen LogP contribution in [0.2, 0.25) is 0 Å². The van der Waals surface area contributed by atoms with Crippen LogP contribution in [-0.4, -0.2) is 26.1 Å². The van der Waals surface area contributed by atoms with Crippen LogP contribution in [0.5, 0.6) is 0 Å². The van der Waals surface area contributed by atoms with Crippen LogP contribution in [0.25, 0.3) is 11.4 Å². The molecule has 3 rings (SSSR count). The number of aryl methyl sites for hydroxylation is 1. The molecule has 0 unspecified atom stereocenters. The van der Waals surface area contributed by atoms with Crippen molar-refractivity contribution in [3.8, 4) is 11.4 Å². The highest BCUT2D eigenvalue weighted by Gasteiger charge is 2.20. The van der Waals surface area contributed by atoms with E-state index >= 15 is 0 Å². The summed E-state index contributed by atoms with van der Waals surface area (Å²) in [6.07, 6.45) is 0. The lowest BCUT2D eigenvalue weighted by Crippen LogP contribution is -2.34. The number of carbonyl (C=O) groups excluding carboxylic acids is 1. The molecule has 2 heterocycles. The molecule has 6 nitrogen and oxygen atoms in total. The van der Waals surface area contributed by atoms with Gasteiger partial charge in [-0.2, -0.15) is 4.80 Å². The fraction of sp³-hybridized carbons (Fsp3) is 0.333. The number of aromatic nitrogens is 4. The Labute approximate surface area is 150 Å². The Morgan fingerprint density at radius 3 is 2.64 bits per heavy atom. The maximum atomic E-state index is 12.4. The number of amides is 1. The summed E-state index contributed by atoms with van der Waals surface area (Å²) < 4.78 is 0. The third-order valence-corrected chi connectivity index (χ3v) is 4.84. The van der Waals surface area contributed by atoms with E-state index in [1.54, 1.807) is 11.3 Å². The lowest BCUT2D eigenvalue weighted by atomic mass is 10.0. The molecule has 1 amide bonds. The molecule has 1 atom stereocenters. The van der Waals surface area contributed by atoms with Crippen molar-refractivity contribution >= 4 is 17.2 Å². The number of thiophene rings is 1. The van der Waals surface area contributed by atoms with Gasteiger partial charge >= 0.3 is 0 Å². The Kier molecular flexibility index (Phi) is 5.23. The molecule has 130 valence electrons. The molecule has 0 aliphatic rings. The SMILES string of the molecule is Cc1ccc(-c2nnn(CC(=O)N[C@@H](c3cccs3)C(C)C)n2)cc1. The van der Waals surface area contributed by atoms with E-state index in [0.29, 0.717) is 11.7 Å². The number of rotatable bonds is 6. The third-order valence-electron chi connectivity index (χ3n) is 3.88. The van der Waals surface area contributed by atoms with Crippen LogP contribution in [0.3, 0.4) is 0 Å². The first kappa shape index (κ1) is 17.3. The van der Waals surface area contributed by atoms with Crippen molar-refractivity contribution in [1.82, 2.24) is 25.5 Å². The van der Waals surface area contributed by atoms with E-state index in [-0.39, 0.29) is 18.5 Å². The first-order valence-electron chi connectivity index (χ1n) is 8.20. The molecule has 1 N–H and O–H groups in total. The normalized spacial score (nSPS) is 12.3. The van der Waals surface area contributed by atoms with Gasteiger partial charge in [0.15, 0.2) is 0 Å². The lowest BCUT2D eigenvalue weighted by Gasteiger charge is -2.21. The Morgan fingerprint density at radius 1 is 1.24 bits per heavy atom. The summed E-state index contributed by atoms with van der Waals surface area (Å²) in [6.45, 7) is 6.26. The van der Waals surface area contributed by atoms with E-state index in [2.05, 4.69) is 34.6 Å². The number of nitrogens with zero attached hydrogens (tertiary/aromatic N) is 4. The maximum Gasteiger partial charge on any atom is 0.244 e. The van der Waals surface area contributed by atoms with E-state index in [0.717, 1.165) is 10.4 Å². The molecule has 7 heteroatoms. The van der Waals surface area contributed by atoms with Crippen molar-refractivity contribution in [2.75, 3.05) is 0 Å². The third kappa shape index (κ3) is 4.30. The van der Waals surface area contributed by atoms with E-state index in [1.807, 2.05) is 48.7 Å². The fourth-order valence-electron chi connectivity index (χ4n) is 2.51. The van der Waals surface area contributed by atoms with E-state index in [9.17, 15) is 4.79 Å². The molecule has 0 saturated heterocycles. The summed E-state index contributed by atoms with van der Waals surface area (Å²) in [5.41, 5.74) is 2.06.